The molecule has 0 aliphatic rings. The SMILES string of the molecule is CNc1ccc([N+](=O)[O-])c(-c2ccccc2OC)n1. The lowest BCUT2D eigenvalue weighted by Gasteiger charge is -2.09. The number of hydrogen-bond acceptors (Lipinski definition) is 5. The number of aromatic nitrogens is 1. The quantitative estimate of drug-likeness (QED) is 0.674. The van der Waals surface area contributed by atoms with E-state index in [1.807, 2.05) is 0 Å². The third-order valence-electron chi connectivity index (χ3n) is 2.69. The number of nitrogens with zero attached hydrogens (tertiary/aromatic N) is 2. The number of para-hydroxylation sites is 1. The summed E-state index contributed by atoms with van der Waals surface area (Å²) < 4.78 is 5.22. The van der Waals surface area contributed by atoms with Crippen molar-refractivity contribution in [2.24, 2.45) is 0 Å². The van der Waals surface area contributed by atoms with Crippen molar-refractivity contribution in [1.29, 1.82) is 0 Å². The van der Waals surface area contributed by atoms with Crippen LogP contribution in [-0.2, 0) is 0 Å². The lowest BCUT2D eigenvalue weighted by Crippen LogP contribution is -2.00. The predicted octanol–water partition coefficient (Wildman–Crippen LogP) is 2.71. The van der Waals surface area contributed by atoms with Gasteiger partial charge in [-0.05, 0) is 18.2 Å². The number of benzene rings is 1. The molecule has 0 bridgehead atoms. The average molecular weight is 259 g/mol. The highest BCUT2D eigenvalue weighted by molar-refractivity contribution is 5.76. The second kappa shape index (κ2) is 5.34. The molecule has 6 heteroatoms. The van der Waals surface area contributed by atoms with Crippen molar-refractivity contribution in [3.8, 4) is 17.0 Å². The molecule has 0 radical (unpaired) electrons. The highest BCUT2D eigenvalue weighted by atomic mass is 16.6. The van der Waals surface area contributed by atoms with Crippen LogP contribution in [0.1, 0.15) is 0 Å². The molecule has 0 spiro atoms. The predicted molar refractivity (Wildman–Crippen MR) is 72.4 cm³/mol. The van der Waals surface area contributed by atoms with E-state index in [0.717, 1.165) is 0 Å². The molecule has 0 unspecified atom stereocenters. The van der Waals surface area contributed by atoms with Crippen LogP contribution in [-0.4, -0.2) is 24.1 Å². The van der Waals surface area contributed by atoms with Crippen molar-refractivity contribution in [2.45, 2.75) is 0 Å². The van der Waals surface area contributed by atoms with Crippen molar-refractivity contribution in [3.05, 3.63) is 46.5 Å². The smallest absolute Gasteiger partial charge is 0.295 e. The molecule has 1 aromatic carbocycles. The van der Waals surface area contributed by atoms with Crippen LogP contribution in [0.25, 0.3) is 11.3 Å². The second-order valence-corrected chi connectivity index (χ2v) is 3.77. The molecular weight excluding hydrogens is 246 g/mol. The van der Waals surface area contributed by atoms with Crippen LogP contribution in [0, 0.1) is 10.1 Å². The first kappa shape index (κ1) is 12.8. The summed E-state index contributed by atoms with van der Waals surface area (Å²) in [4.78, 5) is 14.9. The minimum absolute atomic E-state index is 0.0523. The molecule has 0 atom stereocenters. The number of hydrogen-bond donors (Lipinski definition) is 1. The maximum absolute atomic E-state index is 11.1. The maximum Gasteiger partial charge on any atom is 0.295 e. The number of nitrogens with one attached hydrogen (secondary N) is 1. The highest BCUT2D eigenvalue weighted by Crippen LogP contribution is 2.35. The Bertz CT molecular complexity index is 614. The van der Waals surface area contributed by atoms with Gasteiger partial charge in [0.05, 0.1) is 12.0 Å². The van der Waals surface area contributed by atoms with E-state index in [9.17, 15) is 10.1 Å². The number of ether oxygens (including phenoxy) is 1. The molecule has 0 fully saturated rings. The summed E-state index contributed by atoms with van der Waals surface area (Å²) in [6, 6.07) is 10.1. The molecule has 6 nitrogen and oxygen atoms in total. The van der Waals surface area contributed by atoms with Gasteiger partial charge in [0.25, 0.3) is 5.69 Å². The number of methoxy groups -OCH3 is 1. The largest absolute Gasteiger partial charge is 0.496 e. The van der Waals surface area contributed by atoms with Crippen molar-refractivity contribution < 1.29 is 9.66 Å². The summed E-state index contributed by atoms with van der Waals surface area (Å²) >= 11 is 0. The third kappa shape index (κ3) is 2.47. The van der Waals surface area contributed by atoms with Gasteiger partial charge in [0.2, 0.25) is 0 Å². The molecule has 0 aliphatic carbocycles. The van der Waals surface area contributed by atoms with Gasteiger partial charge in [-0.3, -0.25) is 10.1 Å². The van der Waals surface area contributed by atoms with Gasteiger partial charge in [0.1, 0.15) is 11.6 Å². The molecule has 0 saturated heterocycles. The Labute approximate surface area is 110 Å². The molecular formula is C13H13N3O3. The second-order valence-electron chi connectivity index (χ2n) is 3.77. The molecule has 1 heterocycles. The van der Waals surface area contributed by atoms with E-state index in [-0.39, 0.29) is 11.4 Å². The Morgan fingerprint density at radius 1 is 1.26 bits per heavy atom. The van der Waals surface area contributed by atoms with Gasteiger partial charge in [-0.15, -0.1) is 0 Å². The molecule has 0 saturated carbocycles. The number of nitro groups is 1. The van der Waals surface area contributed by atoms with Gasteiger partial charge in [0.15, 0.2) is 5.69 Å². The van der Waals surface area contributed by atoms with Gasteiger partial charge in [-0.2, -0.15) is 0 Å². The van der Waals surface area contributed by atoms with Crippen LogP contribution in [0.4, 0.5) is 11.5 Å². The first-order chi connectivity index (χ1) is 9.17. The van der Waals surface area contributed by atoms with Crippen molar-refractivity contribution >= 4 is 11.5 Å². The average Bonchev–Trinajstić information content (AvgIpc) is 2.46. The molecule has 1 N–H and O–H groups in total. The topological polar surface area (TPSA) is 77.3 Å². The van der Waals surface area contributed by atoms with E-state index >= 15 is 0 Å². The van der Waals surface area contributed by atoms with Crippen LogP contribution >= 0.6 is 0 Å². The normalized spacial score (nSPS) is 10.0. The van der Waals surface area contributed by atoms with Gasteiger partial charge < -0.3 is 10.1 Å². The fourth-order valence-electron chi connectivity index (χ4n) is 1.78. The zero-order valence-electron chi connectivity index (χ0n) is 10.6. The molecule has 0 amide bonds. The summed E-state index contributed by atoms with van der Waals surface area (Å²) in [6.07, 6.45) is 0. The lowest BCUT2D eigenvalue weighted by atomic mass is 10.1. The van der Waals surface area contributed by atoms with Crippen LogP contribution < -0.4 is 10.1 Å². The fourth-order valence-corrected chi connectivity index (χ4v) is 1.78. The van der Waals surface area contributed by atoms with Crippen LogP contribution in [0.15, 0.2) is 36.4 Å². The number of anilines is 1. The fraction of sp³-hybridized carbons (Fsp3) is 0.154. The van der Waals surface area contributed by atoms with Crippen molar-refractivity contribution in [3.63, 3.8) is 0 Å². The summed E-state index contributed by atoms with van der Waals surface area (Å²) in [5.74, 6) is 1.11. The van der Waals surface area contributed by atoms with E-state index in [1.54, 1.807) is 37.4 Å². The Kier molecular flexibility index (Phi) is 3.61. The summed E-state index contributed by atoms with van der Waals surface area (Å²) in [5, 5.41) is 14.0. The van der Waals surface area contributed by atoms with Crippen LogP contribution in [0.3, 0.4) is 0 Å². The molecule has 98 valence electrons. The first-order valence-electron chi connectivity index (χ1n) is 5.64. The Morgan fingerprint density at radius 3 is 2.63 bits per heavy atom. The highest BCUT2D eigenvalue weighted by Gasteiger charge is 2.20. The van der Waals surface area contributed by atoms with Crippen LogP contribution in [0.2, 0.25) is 0 Å². The zero-order chi connectivity index (χ0) is 13.8. The maximum atomic E-state index is 11.1. The van der Waals surface area contributed by atoms with Gasteiger partial charge in [-0.1, -0.05) is 12.1 Å². The zero-order valence-corrected chi connectivity index (χ0v) is 10.6. The van der Waals surface area contributed by atoms with Gasteiger partial charge >= 0.3 is 0 Å². The third-order valence-corrected chi connectivity index (χ3v) is 2.69. The van der Waals surface area contributed by atoms with E-state index in [0.29, 0.717) is 17.1 Å². The molecule has 2 aromatic rings. The summed E-state index contributed by atoms with van der Waals surface area (Å²) in [5.41, 5.74) is 0.826. The van der Waals surface area contributed by atoms with Crippen molar-refractivity contribution in [2.75, 3.05) is 19.5 Å². The van der Waals surface area contributed by atoms with E-state index < -0.39 is 4.92 Å². The molecule has 1 aromatic heterocycles. The standard InChI is InChI=1S/C13H13N3O3/c1-14-12-8-7-10(16(17)18)13(15-12)9-5-3-4-6-11(9)19-2/h3-8H,1-2H3,(H,14,15). The first-order valence-corrected chi connectivity index (χ1v) is 5.64. The Morgan fingerprint density at radius 2 is 2.00 bits per heavy atom. The van der Waals surface area contributed by atoms with Crippen molar-refractivity contribution in [1.82, 2.24) is 4.98 Å². The minimum Gasteiger partial charge on any atom is -0.496 e. The molecule has 19 heavy (non-hydrogen) atoms. The van der Waals surface area contributed by atoms with Gasteiger partial charge in [-0.25, -0.2) is 4.98 Å². The van der Waals surface area contributed by atoms with Gasteiger partial charge in [0, 0.05) is 18.7 Å². The lowest BCUT2D eigenvalue weighted by molar-refractivity contribution is -0.384. The summed E-state index contributed by atoms with van der Waals surface area (Å²) in [6.45, 7) is 0. The van der Waals surface area contributed by atoms with Crippen LogP contribution in [0.5, 0.6) is 5.75 Å². The van der Waals surface area contributed by atoms with E-state index in [2.05, 4.69) is 10.3 Å². The molecule has 0 aliphatic heterocycles. The summed E-state index contributed by atoms with van der Waals surface area (Å²) in [7, 11) is 3.23. The Balaban J connectivity index is 2.68. The van der Waals surface area contributed by atoms with E-state index in [4.69, 9.17) is 4.74 Å². The monoisotopic (exact) mass is 259 g/mol. The minimum atomic E-state index is -0.450. The number of pyridine rings is 1. The number of rotatable bonds is 4. The molecule has 2 rings (SSSR count). The van der Waals surface area contributed by atoms with E-state index in [1.165, 1.54) is 13.2 Å². The Hall–Kier alpha value is -2.63.